The number of benzene rings is 1. The molecule has 7 heteroatoms. The minimum atomic E-state index is -0.448. The summed E-state index contributed by atoms with van der Waals surface area (Å²) in [7, 11) is 1.63. The largest absolute Gasteiger partial charge is 0.497 e. The van der Waals surface area contributed by atoms with E-state index in [2.05, 4.69) is 22.6 Å². The maximum Gasteiger partial charge on any atom is 0.308 e. The summed E-state index contributed by atoms with van der Waals surface area (Å²) in [5.41, 5.74) is 0.929. The minimum Gasteiger partial charge on any atom is -0.497 e. The average molecular weight is 432 g/mol. The molecule has 0 N–H and O–H groups in total. The summed E-state index contributed by atoms with van der Waals surface area (Å²) < 4.78 is 28.5. The molecule has 3 aliphatic rings. The van der Waals surface area contributed by atoms with Gasteiger partial charge >= 0.3 is 5.97 Å². The zero-order valence-electron chi connectivity index (χ0n) is 12.5. The fourth-order valence-electron chi connectivity index (χ4n) is 3.24. The molecular weight excluding hydrogens is 415 g/mol. The molecule has 4 rings (SSSR count). The summed E-state index contributed by atoms with van der Waals surface area (Å²) in [5.74, 6) is 0.587. The van der Waals surface area contributed by atoms with Crippen LogP contribution in [0.2, 0.25) is 0 Å². The van der Waals surface area contributed by atoms with Gasteiger partial charge in [0.1, 0.15) is 30.2 Å². The number of carbonyl (C=O) groups excluding carboxylic acids is 1. The van der Waals surface area contributed by atoms with E-state index in [1.165, 1.54) is 0 Å². The van der Waals surface area contributed by atoms with Crippen LogP contribution in [0.15, 0.2) is 24.3 Å². The molecule has 0 radical (unpaired) electrons. The van der Waals surface area contributed by atoms with E-state index in [1.807, 2.05) is 24.3 Å². The molecule has 3 aliphatic heterocycles. The monoisotopic (exact) mass is 432 g/mol. The molecule has 0 saturated carbocycles. The van der Waals surface area contributed by atoms with Crippen molar-refractivity contribution in [3.63, 3.8) is 0 Å². The molecular formula is C16H17IO6. The van der Waals surface area contributed by atoms with Crippen molar-refractivity contribution in [2.45, 2.75) is 41.1 Å². The minimum absolute atomic E-state index is 0.0486. The van der Waals surface area contributed by atoms with Crippen LogP contribution in [0.1, 0.15) is 18.3 Å². The van der Waals surface area contributed by atoms with E-state index >= 15 is 0 Å². The van der Waals surface area contributed by atoms with Crippen molar-refractivity contribution in [3.05, 3.63) is 29.8 Å². The van der Waals surface area contributed by atoms with Crippen molar-refractivity contribution in [1.29, 1.82) is 0 Å². The van der Waals surface area contributed by atoms with Crippen molar-refractivity contribution in [2.24, 2.45) is 0 Å². The second kappa shape index (κ2) is 6.19. The molecule has 0 amide bonds. The molecule has 3 fully saturated rings. The summed E-state index contributed by atoms with van der Waals surface area (Å²) in [6.07, 6.45) is -0.883. The molecule has 1 aromatic rings. The third kappa shape index (κ3) is 2.84. The quantitative estimate of drug-likeness (QED) is 0.405. The number of carbonyl (C=O) groups is 1. The Balaban J connectivity index is 1.50. The Morgan fingerprint density at radius 3 is 2.65 bits per heavy atom. The molecule has 6 nitrogen and oxygen atoms in total. The standard InChI is InChI=1S/C16H17IO6/c1-19-9-4-2-8(3-5-9)16-20-7-11-15(23-16)13(17)14-10(21-11)6-12(18)22-14/h2-5,10-11,13-16H,6-7H2,1H3/t10-,11+,13-,14+,15+,16+/m0/s1. The number of fused-ring (bicyclic) bond motifs is 2. The number of methoxy groups -OCH3 is 1. The van der Waals surface area contributed by atoms with Crippen molar-refractivity contribution < 1.29 is 28.5 Å². The van der Waals surface area contributed by atoms with E-state index < -0.39 is 6.29 Å². The second-order valence-corrected chi connectivity index (χ2v) is 7.29. The molecule has 3 heterocycles. The molecule has 1 aromatic carbocycles. The summed E-state index contributed by atoms with van der Waals surface area (Å²) in [6, 6.07) is 7.60. The zero-order valence-corrected chi connectivity index (χ0v) is 14.7. The number of esters is 1. The lowest BCUT2D eigenvalue weighted by Crippen LogP contribution is -2.58. The molecule has 0 aliphatic carbocycles. The van der Waals surface area contributed by atoms with Crippen LogP contribution >= 0.6 is 22.6 Å². The van der Waals surface area contributed by atoms with E-state index in [4.69, 9.17) is 23.7 Å². The van der Waals surface area contributed by atoms with Crippen LogP contribution in [-0.4, -0.2) is 48.0 Å². The van der Waals surface area contributed by atoms with Gasteiger partial charge in [-0.1, -0.05) is 34.7 Å². The first-order valence-corrected chi connectivity index (χ1v) is 8.80. The molecule has 6 atom stereocenters. The van der Waals surface area contributed by atoms with Crippen LogP contribution in [0.5, 0.6) is 5.75 Å². The highest BCUT2D eigenvalue weighted by Crippen LogP contribution is 2.41. The van der Waals surface area contributed by atoms with E-state index in [9.17, 15) is 4.79 Å². The Kier molecular flexibility index (Phi) is 4.21. The highest BCUT2D eigenvalue weighted by Gasteiger charge is 2.53. The van der Waals surface area contributed by atoms with Gasteiger partial charge < -0.3 is 23.7 Å². The third-order valence-corrected chi connectivity index (χ3v) is 5.84. The fraction of sp³-hybridized carbons (Fsp3) is 0.562. The van der Waals surface area contributed by atoms with Gasteiger partial charge in [0.05, 0.1) is 24.1 Å². The number of hydrogen-bond donors (Lipinski definition) is 0. The molecule has 3 saturated heterocycles. The number of rotatable bonds is 2. The number of alkyl halides is 1. The normalized spacial score (nSPS) is 39.3. The van der Waals surface area contributed by atoms with Gasteiger partial charge in [-0.15, -0.1) is 0 Å². The van der Waals surface area contributed by atoms with Crippen LogP contribution in [0, 0.1) is 0 Å². The first kappa shape index (κ1) is 15.6. The Labute approximate surface area is 147 Å². The third-order valence-electron chi connectivity index (χ3n) is 4.43. The van der Waals surface area contributed by atoms with E-state index in [1.54, 1.807) is 7.11 Å². The predicted octanol–water partition coefficient (Wildman–Crippen LogP) is 2.00. The maximum absolute atomic E-state index is 11.5. The van der Waals surface area contributed by atoms with E-state index in [0.717, 1.165) is 11.3 Å². The zero-order chi connectivity index (χ0) is 16.0. The maximum atomic E-state index is 11.5. The van der Waals surface area contributed by atoms with Crippen LogP contribution in [-0.2, 0) is 23.7 Å². The number of hydrogen-bond acceptors (Lipinski definition) is 6. The molecule has 0 bridgehead atoms. The number of halogens is 1. The van der Waals surface area contributed by atoms with Crippen molar-refractivity contribution in [3.8, 4) is 5.75 Å². The Hall–Kier alpha value is -0.900. The lowest BCUT2D eigenvalue weighted by molar-refractivity contribution is -0.292. The second-order valence-electron chi connectivity index (χ2n) is 5.86. The topological polar surface area (TPSA) is 63.2 Å². The van der Waals surface area contributed by atoms with Crippen LogP contribution in [0.4, 0.5) is 0 Å². The molecule has 124 valence electrons. The fourth-order valence-corrected chi connectivity index (χ4v) is 4.49. The summed E-state index contributed by atoms with van der Waals surface area (Å²) >= 11 is 2.30. The van der Waals surface area contributed by atoms with Gasteiger partial charge in [-0.25, -0.2) is 0 Å². The predicted molar refractivity (Wildman–Crippen MR) is 87.5 cm³/mol. The Morgan fingerprint density at radius 1 is 1.13 bits per heavy atom. The lowest BCUT2D eigenvalue weighted by Gasteiger charge is -2.45. The molecule has 0 aromatic heterocycles. The SMILES string of the molecule is COc1ccc([C@@H]2OC[C@H]3O[C@H]4CC(=O)O[C@H]4[C@H](I)[C@@H]3O2)cc1. The van der Waals surface area contributed by atoms with E-state index in [-0.39, 0.29) is 34.3 Å². The van der Waals surface area contributed by atoms with Gasteiger partial charge in [-0.05, 0) is 12.1 Å². The average Bonchev–Trinajstić information content (AvgIpc) is 2.95. The lowest BCUT2D eigenvalue weighted by atomic mass is 9.97. The summed E-state index contributed by atoms with van der Waals surface area (Å²) in [6.45, 7) is 0.443. The first-order chi connectivity index (χ1) is 11.2. The molecule has 0 unspecified atom stereocenters. The summed E-state index contributed by atoms with van der Waals surface area (Å²) in [4.78, 5) is 11.5. The van der Waals surface area contributed by atoms with E-state index in [0.29, 0.717) is 13.0 Å². The smallest absolute Gasteiger partial charge is 0.308 e. The van der Waals surface area contributed by atoms with Gasteiger partial charge in [0, 0.05) is 5.56 Å². The highest BCUT2D eigenvalue weighted by atomic mass is 127. The Morgan fingerprint density at radius 2 is 1.91 bits per heavy atom. The first-order valence-electron chi connectivity index (χ1n) is 7.56. The van der Waals surface area contributed by atoms with Crippen LogP contribution < -0.4 is 4.74 Å². The molecule has 0 spiro atoms. The van der Waals surface area contributed by atoms with Gasteiger partial charge in [-0.2, -0.15) is 0 Å². The van der Waals surface area contributed by atoms with Gasteiger partial charge in [0.15, 0.2) is 6.29 Å². The van der Waals surface area contributed by atoms with Crippen molar-refractivity contribution in [1.82, 2.24) is 0 Å². The van der Waals surface area contributed by atoms with Gasteiger partial charge in [0.25, 0.3) is 0 Å². The van der Waals surface area contributed by atoms with Crippen LogP contribution in [0.25, 0.3) is 0 Å². The highest BCUT2D eigenvalue weighted by molar-refractivity contribution is 14.1. The van der Waals surface area contributed by atoms with Gasteiger partial charge in [0.2, 0.25) is 0 Å². The van der Waals surface area contributed by atoms with Gasteiger partial charge in [-0.3, -0.25) is 4.79 Å². The summed E-state index contributed by atoms with van der Waals surface area (Å²) in [5, 5.41) is 0. The molecule has 23 heavy (non-hydrogen) atoms. The van der Waals surface area contributed by atoms with Crippen molar-refractivity contribution in [2.75, 3.05) is 13.7 Å². The Bertz CT molecular complexity index is 591. The van der Waals surface area contributed by atoms with Crippen molar-refractivity contribution >= 4 is 28.6 Å². The number of ether oxygens (including phenoxy) is 5. The van der Waals surface area contributed by atoms with Crippen LogP contribution in [0.3, 0.4) is 0 Å².